The normalized spacial score (nSPS) is 18.9. The molecule has 5 N–H and O–H groups in total. The minimum Gasteiger partial charge on any atom is -0.480 e. The van der Waals surface area contributed by atoms with E-state index in [-0.39, 0.29) is 18.4 Å². The van der Waals surface area contributed by atoms with Crippen LogP contribution in [0.4, 0.5) is 0 Å². The maximum atomic E-state index is 12.4. The highest BCUT2D eigenvalue weighted by Crippen LogP contribution is 2.06. The van der Waals surface area contributed by atoms with Crippen molar-refractivity contribution in [2.75, 3.05) is 6.54 Å². The molecule has 1 saturated heterocycles. The molecule has 9 nitrogen and oxygen atoms in total. The molecule has 158 valence electrons. The lowest BCUT2D eigenvalue weighted by atomic mass is 10.1. The molecule has 3 amide bonds. The van der Waals surface area contributed by atoms with Crippen molar-refractivity contribution < 1.29 is 24.3 Å². The Hall–Kier alpha value is -2.94. The number of benzene rings is 1. The monoisotopic (exact) mass is 404 g/mol. The van der Waals surface area contributed by atoms with Gasteiger partial charge in [-0.15, -0.1) is 0 Å². The first-order valence-electron chi connectivity index (χ1n) is 9.69. The molecule has 0 aromatic heterocycles. The van der Waals surface area contributed by atoms with E-state index in [0.717, 1.165) is 24.9 Å². The molecule has 2 rings (SSSR count). The smallest absolute Gasteiger partial charge is 0.326 e. The first-order chi connectivity index (χ1) is 13.8. The van der Waals surface area contributed by atoms with E-state index in [4.69, 9.17) is 0 Å². The molecule has 4 atom stereocenters. The fourth-order valence-electron chi connectivity index (χ4n) is 3.04. The van der Waals surface area contributed by atoms with Gasteiger partial charge in [0.05, 0.1) is 6.04 Å². The lowest BCUT2D eigenvalue weighted by Crippen LogP contribution is -2.55. The van der Waals surface area contributed by atoms with Crippen LogP contribution in [0.5, 0.6) is 0 Å². The summed E-state index contributed by atoms with van der Waals surface area (Å²) in [5.41, 5.74) is 0.772. The number of hydrogen-bond donors (Lipinski definition) is 5. The van der Waals surface area contributed by atoms with Crippen LogP contribution in [0.1, 0.15) is 32.3 Å². The average molecular weight is 404 g/mol. The van der Waals surface area contributed by atoms with Crippen LogP contribution >= 0.6 is 0 Å². The molecular weight excluding hydrogens is 376 g/mol. The van der Waals surface area contributed by atoms with E-state index in [2.05, 4.69) is 21.3 Å². The summed E-state index contributed by atoms with van der Waals surface area (Å²) in [6.07, 6.45) is 1.75. The van der Waals surface area contributed by atoms with Gasteiger partial charge in [-0.05, 0) is 38.8 Å². The van der Waals surface area contributed by atoms with Gasteiger partial charge in [0.2, 0.25) is 17.7 Å². The van der Waals surface area contributed by atoms with Gasteiger partial charge in [-0.25, -0.2) is 4.79 Å². The molecule has 0 bridgehead atoms. The van der Waals surface area contributed by atoms with Gasteiger partial charge in [0.25, 0.3) is 0 Å². The van der Waals surface area contributed by atoms with E-state index in [1.54, 1.807) is 24.3 Å². The summed E-state index contributed by atoms with van der Waals surface area (Å²) < 4.78 is 0. The molecule has 0 spiro atoms. The summed E-state index contributed by atoms with van der Waals surface area (Å²) in [5, 5.41) is 20.0. The minimum atomic E-state index is -1.16. The van der Waals surface area contributed by atoms with Crippen molar-refractivity contribution in [2.45, 2.75) is 57.3 Å². The van der Waals surface area contributed by atoms with E-state index < -0.39 is 35.9 Å². The molecular formula is C20H28N4O5. The largest absolute Gasteiger partial charge is 0.480 e. The lowest BCUT2D eigenvalue weighted by Gasteiger charge is -2.21. The summed E-state index contributed by atoms with van der Waals surface area (Å²) in [5.74, 6) is -2.55. The zero-order valence-electron chi connectivity index (χ0n) is 16.6. The van der Waals surface area contributed by atoms with Crippen molar-refractivity contribution in [1.82, 2.24) is 21.3 Å². The van der Waals surface area contributed by atoms with Gasteiger partial charge < -0.3 is 26.4 Å². The van der Waals surface area contributed by atoms with Crippen LogP contribution in [0.2, 0.25) is 0 Å². The number of rotatable bonds is 9. The van der Waals surface area contributed by atoms with E-state index in [1.807, 2.05) is 6.07 Å². The van der Waals surface area contributed by atoms with Gasteiger partial charge in [0.1, 0.15) is 18.1 Å². The Labute approximate surface area is 169 Å². The van der Waals surface area contributed by atoms with Crippen LogP contribution in [-0.2, 0) is 25.6 Å². The standard InChI is InChI=1S/C20H28N4O5/c1-12(23-19(27)15-9-6-10-21-15)17(25)22-13(2)18(26)24-16(20(28)29)11-14-7-4-3-5-8-14/h3-5,7-8,12-13,15-16,21H,6,9-11H2,1-2H3,(H,22,25)(H,23,27)(H,24,26)(H,28,29). The summed E-state index contributed by atoms with van der Waals surface area (Å²) >= 11 is 0. The maximum absolute atomic E-state index is 12.4. The van der Waals surface area contributed by atoms with Crippen molar-refractivity contribution in [2.24, 2.45) is 0 Å². The van der Waals surface area contributed by atoms with Gasteiger partial charge in [0.15, 0.2) is 0 Å². The quantitative estimate of drug-likeness (QED) is 0.378. The van der Waals surface area contributed by atoms with Gasteiger partial charge in [-0.2, -0.15) is 0 Å². The van der Waals surface area contributed by atoms with E-state index in [1.165, 1.54) is 13.8 Å². The van der Waals surface area contributed by atoms with Crippen LogP contribution < -0.4 is 21.3 Å². The maximum Gasteiger partial charge on any atom is 0.326 e. The van der Waals surface area contributed by atoms with Crippen LogP contribution in [-0.4, -0.2) is 59.5 Å². The summed E-state index contributed by atoms with van der Waals surface area (Å²) in [6, 6.07) is 5.75. The SMILES string of the molecule is CC(NC(=O)C(C)NC(=O)C1CCCN1)C(=O)NC(Cc1ccccc1)C(=O)O. The zero-order valence-corrected chi connectivity index (χ0v) is 16.6. The van der Waals surface area contributed by atoms with Gasteiger partial charge in [-0.3, -0.25) is 14.4 Å². The molecule has 0 aliphatic carbocycles. The van der Waals surface area contributed by atoms with Crippen molar-refractivity contribution >= 4 is 23.7 Å². The highest BCUT2D eigenvalue weighted by Gasteiger charge is 2.28. The van der Waals surface area contributed by atoms with Crippen molar-refractivity contribution in [1.29, 1.82) is 0 Å². The molecule has 0 saturated carbocycles. The topological polar surface area (TPSA) is 137 Å². The number of carbonyl (C=O) groups excluding carboxylic acids is 3. The third-order valence-corrected chi connectivity index (χ3v) is 4.78. The molecule has 1 aliphatic rings. The predicted molar refractivity (Wildman–Crippen MR) is 106 cm³/mol. The summed E-state index contributed by atoms with van der Waals surface area (Å²) in [7, 11) is 0. The Morgan fingerprint density at radius 1 is 1.03 bits per heavy atom. The van der Waals surface area contributed by atoms with E-state index >= 15 is 0 Å². The Bertz CT molecular complexity index is 734. The molecule has 9 heteroatoms. The van der Waals surface area contributed by atoms with Crippen LogP contribution in [0.3, 0.4) is 0 Å². The second-order valence-corrected chi connectivity index (χ2v) is 7.20. The third kappa shape index (κ3) is 6.86. The molecule has 29 heavy (non-hydrogen) atoms. The second-order valence-electron chi connectivity index (χ2n) is 7.20. The Balaban J connectivity index is 1.84. The molecule has 0 radical (unpaired) electrons. The highest BCUT2D eigenvalue weighted by atomic mass is 16.4. The Morgan fingerprint density at radius 2 is 1.66 bits per heavy atom. The van der Waals surface area contributed by atoms with Crippen molar-refractivity contribution in [3.05, 3.63) is 35.9 Å². The molecule has 1 fully saturated rings. The van der Waals surface area contributed by atoms with E-state index in [0.29, 0.717) is 0 Å². The molecule has 4 unspecified atom stereocenters. The zero-order chi connectivity index (χ0) is 21.4. The Morgan fingerprint density at radius 3 is 2.24 bits per heavy atom. The number of hydrogen-bond acceptors (Lipinski definition) is 5. The number of amides is 3. The van der Waals surface area contributed by atoms with Gasteiger partial charge in [0, 0.05) is 6.42 Å². The summed E-state index contributed by atoms with van der Waals surface area (Å²) in [6.45, 7) is 3.76. The first kappa shape index (κ1) is 22.4. The van der Waals surface area contributed by atoms with Crippen molar-refractivity contribution in [3.8, 4) is 0 Å². The predicted octanol–water partition coefficient (Wildman–Crippen LogP) is -0.440. The van der Waals surface area contributed by atoms with Crippen LogP contribution in [0.25, 0.3) is 0 Å². The van der Waals surface area contributed by atoms with E-state index in [9.17, 15) is 24.3 Å². The number of carboxylic acid groups (broad SMARTS) is 1. The minimum absolute atomic E-state index is 0.128. The second kappa shape index (κ2) is 10.6. The fraction of sp³-hybridized carbons (Fsp3) is 0.500. The van der Waals surface area contributed by atoms with Gasteiger partial charge in [-0.1, -0.05) is 30.3 Å². The fourth-order valence-corrected chi connectivity index (χ4v) is 3.04. The number of nitrogens with one attached hydrogen (secondary N) is 4. The Kier molecular flexibility index (Phi) is 8.14. The summed E-state index contributed by atoms with van der Waals surface area (Å²) in [4.78, 5) is 48.2. The lowest BCUT2D eigenvalue weighted by molar-refractivity contribution is -0.142. The molecule has 1 aromatic carbocycles. The third-order valence-electron chi connectivity index (χ3n) is 4.78. The highest BCUT2D eigenvalue weighted by molar-refractivity contribution is 5.93. The van der Waals surface area contributed by atoms with Crippen LogP contribution in [0.15, 0.2) is 30.3 Å². The first-order valence-corrected chi connectivity index (χ1v) is 9.69. The van der Waals surface area contributed by atoms with Crippen molar-refractivity contribution in [3.63, 3.8) is 0 Å². The average Bonchev–Trinajstić information content (AvgIpc) is 3.22. The molecule has 1 heterocycles. The molecule has 1 aliphatic heterocycles. The molecule has 1 aromatic rings. The van der Waals surface area contributed by atoms with Crippen LogP contribution in [0, 0.1) is 0 Å². The number of carboxylic acids is 1. The van der Waals surface area contributed by atoms with Gasteiger partial charge >= 0.3 is 5.97 Å². The number of carbonyl (C=O) groups is 4. The number of aliphatic carboxylic acids is 1.